The molecule has 2 aromatic rings. The van der Waals surface area contributed by atoms with Gasteiger partial charge in [-0.1, -0.05) is 26.8 Å². The van der Waals surface area contributed by atoms with Gasteiger partial charge in [-0.05, 0) is 42.2 Å². The zero-order valence-corrected chi connectivity index (χ0v) is 16.4. The molecule has 1 saturated heterocycles. The quantitative estimate of drug-likeness (QED) is 0.713. The first kappa shape index (κ1) is 18.6. The van der Waals surface area contributed by atoms with Crippen molar-refractivity contribution in [1.29, 1.82) is 0 Å². The number of nitrogens with zero attached hydrogens (tertiary/aromatic N) is 2. The third kappa shape index (κ3) is 3.07. The molecule has 1 aromatic carbocycles. The molecule has 146 valence electrons. The Hall–Kier alpha value is -2.73. The lowest BCUT2D eigenvalue weighted by atomic mass is 9.86. The van der Waals surface area contributed by atoms with Crippen LogP contribution in [0.3, 0.4) is 0 Å². The highest BCUT2D eigenvalue weighted by Crippen LogP contribution is 2.39. The Morgan fingerprint density at radius 2 is 2.07 bits per heavy atom. The summed E-state index contributed by atoms with van der Waals surface area (Å²) in [5, 5.41) is 0. The predicted molar refractivity (Wildman–Crippen MR) is 104 cm³/mol. The number of pyridine rings is 1. The van der Waals surface area contributed by atoms with E-state index >= 15 is 0 Å². The minimum absolute atomic E-state index is 0.106. The molecule has 0 spiro atoms. The summed E-state index contributed by atoms with van der Waals surface area (Å²) >= 11 is 0. The largest absolute Gasteiger partial charge is 0.439 e. The van der Waals surface area contributed by atoms with Crippen molar-refractivity contribution in [2.45, 2.75) is 52.7 Å². The number of amides is 2. The molecule has 2 amide bonds. The van der Waals surface area contributed by atoms with E-state index in [-0.39, 0.29) is 24.3 Å². The van der Waals surface area contributed by atoms with Crippen LogP contribution in [0.4, 0.5) is 5.69 Å². The number of carbonyl (C=O) groups excluding carboxylic acids is 2. The van der Waals surface area contributed by atoms with Crippen LogP contribution < -0.4 is 9.64 Å². The Morgan fingerprint density at radius 1 is 1.25 bits per heavy atom. The Labute approximate surface area is 164 Å². The molecule has 1 aromatic heterocycles. The van der Waals surface area contributed by atoms with Gasteiger partial charge in [-0.2, -0.15) is 0 Å². The molecule has 1 fully saturated rings. The number of carbonyl (C=O) groups is 2. The fourth-order valence-electron chi connectivity index (χ4n) is 3.78. The van der Waals surface area contributed by atoms with Crippen molar-refractivity contribution in [1.82, 2.24) is 4.98 Å². The van der Waals surface area contributed by atoms with Crippen LogP contribution in [-0.4, -0.2) is 16.8 Å². The molecule has 0 saturated carbocycles. The van der Waals surface area contributed by atoms with Crippen molar-refractivity contribution in [3.8, 4) is 11.6 Å². The lowest BCUT2D eigenvalue weighted by Crippen LogP contribution is -2.34. The molecule has 0 radical (unpaired) electrons. The van der Waals surface area contributed by atoms with Gasteiger partial charge in [0, 0.05) is 12.5 Å². The van der Waals surface area contributed by atoms with Crippen LogP contribution in [0.15, 0.2) is 36.5 Å². The Morgan fingerprint density at radius 3 is 2.71 bits per heavy atom. The molecular formula is C22H24N2O4. The number of hydrogen-bond acceptors (Lipinski definition) is 5. The zero-order valence-electron chi connectivity index (χ0n) is 16.4. The maximum atomic E-state index is 12.6. The van der Waals surface area contributed by atoms with Gasteiger partial charge in [-0.25, -0.2) is 9.88 Å². The molecule has 0 aliphatic carbocycles. The van der Waals surface area contributed by atoms with E-state index < -0.39 is 5.41 Å². The zero-order chi connectivity index (χ0) is 19.9. The number of hydrogen-bond donors (Lipinski definition) is 0. The molecule has 2 aliphatic heterocycles. The third-order valence-corrected chi connectivity index (χ3v) is 5.77. The van der Waals surface area contributed by atoms with E-state index in [1.807, 2.05) is 32.0 Å². The fourth-order valence-corrected chi connectivity index (χ4v) is 3.78. The minimum Gasteiger partial charge on any atom is -0.439 e. The van der Waals surface area contributed by atoms with E-state index in [1.165, 1.54) is 16.7 Å². The highest BCUT2D eigenvalue weighted by atomic mass is 16.5. The minimum atomic E-state index is -0.630. The fraction of sp³-hybridized carbons (Fsp3) is 0.409. The molecular weight excluding hydrogens is 356 g/mol. The van der Waals surface area contributed by atoms with Crippen LogP contribution in [0.1, 0.15) is 57.3 Å². The molecule has 6 nitrogen and oxygen atoms in total. The number of rotatable bonds is 5. The number of fused-ring (bicyclic) bond motifs is 1. The SMILES string of the molecule is CCC1OCc2ccc(Oc3ccc(N4C(=O)C[C@](C)(CC)C4=O)cn3)cc21. The van der Waals surface area contributed by atoms with Gasteiger partial charge in [0.2, 0.25) is 17.7 Å². The summed E-state index contributed by atoms with van der Waals surface area (Å²) in [6.07, 6.45) is 3.39. The summed E-state index contributed by atoms with van der Waals surface area (Å²) in [6.45, 7) is 6.49. The van der Waals surface area contributed by atoms with Gasteiger partial charge < -0.3 is 9.47 Å². The van der Waals surface area contributed by atoms with Crippen molar-refractivity contribution in [2.24, 2.45) is 5.41 Å². The Kier molecular flexibility index (Phi) is 4.67. The summed E-state index contributed by atoms with van der Waals surface area (Å²) in [4.78, 5) is 30.5. The number of imide groups is 1. The lowest BCUT2D eigenvalue weighted by Gasteiger charge is -2.20. The van der Waals surface area contributed by atoms with Crippen molar-refractivity contribution < 1.29 is 19.1 Å². The maximum absolute atomic E-state index is 12.6. The van der Waals surface area contributed by atoms with Crippen LogP contribution >= 0.6 is 0 Å². The summed E-state index contributed by atoms with van der Waals surface area (Å²) in [5.41, 5.74) is 2.19. The van der Waals surface area contributed by atoms with E-state index in [9.17, 15) is 9.59 Å². The molecule has 0 N–H and O–H groups in total. The molecule has 4 rings (SSSR count). The second-order valence-electron chi connectivity index (χ2n) is 7.65. The van der Waals surface area contributed by atoms with E-state index in [0.717, 1.165) is 12.0 Å². The molecule has 2 atom stereocenters. The van der Waals surface area contributed by atoms with E-state index in [4.69, 9.17) is 9.47 Å². The lowest BCUT2D eigenvalue weighted by molar-refractivity contribution is -0.125. The van der Waals surface area contributed by atoms with Gasteiger partial charge in [0.15, 0.2) is 0 Å². The van der Waals surface area contributed by atoms with Crippen molar-refractivity contribution in [3.05, 3.63) is 47.7 Å². The number of ether oxygens (including phenoxy) is 2. The van der Waals surface area contributed by atoms with Gasteiger partial charge in [0.05, 0.1) is 30.0 Å². The highest BCUT2D eigenvalue weighted by Gasteiger charge is 2.47. The molecule has 1 unspecified atom stereocenters. The second-order valence-corrected chi connectivity index (χ2v) is 7.65. The maximum Gasteiger partial charge on any atom is 0.240 e. The second kappa shape index (κ2) is 7.02. The molecule has 3 heterocycles. The van der Waals surface area contributed by atoms with Gasteiger partial charge in [-0.3, -0.25) is 9.59 Å². The van der Waals surface area contributed by atoms with Crippen LogP contribution in [0.25, 0.3) is 0 Å². The smallest absolute Gasteiger partial charge is 0.240 e. The topological polar surface area (TPSA) is 68.7 Å². The molecule has 6 heteroatoms. The molecule has 0 bridgehead atoms. The number of aromatic nitrogens is 1. The summed E-state index contributed by atoms with van der Waals surface area (Å²) in [6, 6.07) is 9.29. The number of anilines is 1. The normalized spacial score (nSPS) is 24.0. The van der Waals surface area contributed by atoms with Gasteiger partial charge in [-0.15, -0.1) is 0 Å². The summed E-state index contributed by atoms with van der Waals surface area (Å²) in [7, 11) is 0. The standard InChI is InChI=1S/C22H24N2O4/c1-4-18-17-10-16(8-6-14(17)13-27-18)28-19-9-7-15(12-23-19)24-20(25)11-22(3,5-2)21(24)26/h6-10,12,18H,4-5,11,13H2,1-3H3/t18?,22-/m0/s1. The third-order valence-electron chi connectivity index (χ3n) is 5.77. The molecule has 2 aliphatic rings. The summed E-state index contributed by atoms with van der Waals surface area (Å²) < 4.78 is 11.6. The predicted octanol–water partition coefficient (Wildman–Crippen LogP) is 4.53. The van der Waals surface area contributed by atoms with Crippen molar-refractivity contribution in [3.63, 3.8) is 0 Å². The Bertz CT molecular complexity index is 925. The first-order valence-corrected chi connectivity index (χ1v) is 9.71. The average molecular weight is 380 g/mol. The monoisotopic (exact) mass is 380 g/mol. The van der Waals surface area contributed by atoms with E-state index in [1.54, 1.807) is 12.1 Å². The average Bonchev–Trinajstić information content (AvgIpc) is 3.21. The Balaban J connectivity index is 1.52. The highest BCUT2D eigenvalue weighted by molar-refractivity contribution is 6.22. The first-order chi connectivity index (χ1) is 13.4. The van der Waals surface area contributed by atoms with Crippen molar-refractivity contribution in [2.75, 3.05) is 4.90 Å². The van der Waals surface area contributed by atoms with Gasteiger partial charge >= 0.3 is 0 Å². The van der Waals surface area contributed by atoms with Crippen LogP contribution in [0.2, 0.25) is 0 Å². The van der Waals surface area contributed by atoms with E-state index in [0.29, 0.717) is 30.3 Å². The summed E-state index contributed by atoms with van der Waals surface area (Å²) in [5.74, 6) is 0.747. The van der Waals surface area contributed by atoms with Gasteiger partial charge in [0.1, 0.15) is 5.75 Å². The first-order valence-electron chi connectivity index (χ1n) is 9.71. The van der Waals surface area contributed by atoms with Gasteiger partial charge in [0.25, 0.3) is 0 Å². The van der Waals surface area contributed by atoms with Crippen LogP contribution in [-0.2, 0) is 20.9 Å². The van der Waals surface area contributed by atoms with Crippen molar-refractivity contribution >= 4 is 17.5 Å². The van der Waals surface area contributed by atoms with Crippen LogP contribution in [0, 0.1) is 5.41 Å². The van der Waals surface area contributed by atoms with Crippen LogP contribution in [0.5, 0.6) is 11.6 Å². The molecule has 28 heavy (non-hydrogen) atoms. The van der Waals surface area contributed by atoms with E-state index in [2.05, 4.69) is 11.9 Å². The number of benzene rings is 1.